The molecule has 1 aliphatic heterocycles. The Kier molecular flexibility index (Phi) is 7.73. The first-order valence-electron chi connectivity index (χ1n) is 10.1. The largest absolute Gasteiger partial charge is 0.488 e. The zero-order valence-corrected chi connectivity index (χ0v) is 21.5. The van der Waals surface area contributed by atoms with Crippen molar-refractivity contribution >= 4 is 73.8 Å². The maximum atomic E-state index is 13.3. The lowest BCUT2D eigenvalue weighted by molar-refractivity contribution is -0.145. The smallest absolute Gasteiger partial charge is 0.331 e. The molecule has 0 bridgehead atoms. The number of carboxylic acid groups (broad SMARTS) is 1. The molecule has 1 saturated heterocycles. The fourth-order valence-corrected chi connectivity index (χ4v) is 5.29. The molecule has 0 unspecified atom stereocenters. The zero-order chi connectivity index (χ0) is 24.2. The highest BCUT2D eigenvalue weighted by atomic mass is 79.9. The van der Waals surface area contributed by atoms with Gasteiger partial charge < -0.3 is 9.84 Å². The van der Waals surface area contributed by atoms with Crippen molar-refractivity contribution in [2.24, 2.45) is 0 Å². The summed E-state index contributed by atoms with van der Waals surface area (Å²) in [6.07, 6.45) is 1.66. The Balaban J connectivity index is 1.64. The molecule has 3 aromatic carbocycles. The van der Waals surface area contributed by atoms with Crippen molar-refractivity contribution in [1.82, 2.24) is 4.90 Å². The van der Waals surface area contributed by atoms with Gasteiger partial charge in [0.1, 0.15) is 16.7 Å². The molecule has 0 saturated carbocycles. The summed E-state index contributed by atoms with van der Waals surface area (Å²) in [7, 11) is 0. The highest BCUT2D eigenvalue weighted by Crippen LogP contribution is 2.39. The van der Waals surface area contributed by atoms with Crippen molar-refractivity contribution < 1.29 is 19.4 Å². The molecule has 0 aliphatic carbocycles. The molecule has 1 aliphatic rings. The third-order valence-corrected chi connectivity index (χ3v) is 7.22. The van der Waals surface area contributed by atoms with E-state index >= 15 is 0 Å². The Hall–Kier alpha value is -2.65. The van der Waals surface area contributed by atoms with Crippen molar-refractivity contribution in [1.29, 1.82) is 0 Å². The van der Waals surface area contributed by atoms with E-state index in [4.69, 9.17) is 28.6 Å². The van der Waals surface area contributed by atoms with Crippen LogP contribution in [0.5, 0.6) is 5.75 Å². The van der Waals surface area contributed by atoms with Gasteiger partial charge in [-0.1, -0.05) is 100 Å². The van der Waals surface area contributed by atoms with Crippen LogP contribution in [0, 0.1) is 0 Å². The number of amides is 1. The third-order valence-electron chi connectivity index (χ3n) is 5.03. The van der Waals surface area contributed by atoms with Crippen molar-refractivity contribution in [2.45, 2.75) is 12.6 Å². The van der Waals surface area contributed by atoms with Crippen LogP contribution in [-0.2, 0) is 16.2 Å². The molecule has 0 radical (unpaired) electrons. The summed E-state index contributed by atoms with van der Waals surface area (Å²) >= 11 is 16.2. The number of benzene rings is 3. The number of thiocarbonyl (C=S) groups is 1. The van der Waals surface area contributed by atoms with E-state index in [-0.39, 0.29) is 10.9 Å². The highest BCUT2D eigenvalue weighted by Gasteiger charge is 2.41. The molecule has 3 aromatic rings. The molecular formula is C25H17BrClNO4S2. The zero-order valence-electron chi connectivity index (χ0n) is 17.5. The second-order valence-corrected chi connectivity index (χ2v) is 10.3. The number of halogens is 2. The van der Waals surface area contributed by atoms with Crippen LogP contribution in [0.2, 0.25) is 5.02 Å². The van der Waals surface area contributed by atoms with Crippen molar-refractivity contribution in [3.8, 4) is 5.75 Å². The molecule has 34 heavy (non-hydrogen) atoms. The summed E-state index contributed by atoms with van der Waals surface area (Å²) in [5.41, 5.74) is 1.95. The van der Waals surface area contributed by atoms with Crippen molar-refractivity contribution in [2.75, 3.05) is 0 Å². The molecule has 1 amide bonds. The van der Waals surface area contributed by atoms with Gasteiger partial charge in [0.15, 0.2) is 6.04 Å². The van der Waals surface area contributed by atoms with E-state index in [1.807, 2.05) is 30.3 Å². The molecule has 172 valence electrons. The number of carboxylic acids is 1. The first-order chi connectivity index (χ1) is 16.3. The normalized spacial score (nSPS) is 15.6. The Morgan fingerprint density at radius 3 is 2.56 bits per heavy atom. The highest BCUT2D eigenvalue weighted by molar-refractivity contribution is 9.10. The molecule has 4 rings (SSSR count). The number of nitrogens with zero attached hydrogens (tertiary/aromatic N) is 1. The van der Waals surface area contributed by atoms with Gasteiger partial charge in [-0.3, -0.25) is 9.69 Å². The Morgan fingerprint density at radius 1 is 1.15 bits per heavy atom. The maximum Gasteiger partial charge on any atom is 0.331 e. The lowest BCUT2D eigenvalue weighted by Gasteiger charge is -2.23. The van der Waals surface area contributed by atoms with E-state index in [1.54, 1.807) is 48.5 Å². The Bertz CT molecular complexity index is 1300. The minimum atomic E-state index is -1.21. The fourth-order valence-electron chi connectivity index (χ4n) is 3.42. The van der Waals surface area contributed by atoms with Crippen LogP contribution in [0.15, 0.2) is 82.2 Å². The number of carbonyl (C=O) groups excluding carboxylic acids is 1. The topological polar surface area (TPSA) is 66.8 Å². The predicted molar refractivity (Wildman–Crippen MR) is 142 cm³/mol. The second kappa shape index (κ2) is 10.7. The Labute approximate surface area is 219 Å². The van der Waals surface area contributed by atoms with E-state index in [2.05, 4.69) is 15.9 Å². The van der Waals surface area contributed by atoms with Gasteiger partial charge in [-0.2, -0.15) is 0 Å². The van der Waals surface area contributed by atoms with Crippen LogP contribution >= 0.6 is 51.5 Å². The van der Waals surface area contributed by atoms with Gasteiger partial charge in [0.2, 0.25) is 0 Å². The summed E-state index contributed by atoms with van der Waals surface area (Å²) in [5.74, 6) is -1.08. The molecule has 1 atom stereocenters. The number of aliphatic carboxylic acids is 1. The maximum absolute atomic E-state index is 13.3. The van der Waals surface area contributed by atoms with Crippen LogP contribution < -0.4 is 4.74 Å². The molecule has 1 N–H and O–H groups in total. The predicted octanol–water partition coefficient (Wildman–Crippen LogP) is 6.71. The molecule has 0 aromatic heterocycles. The summed E-state index contributed by atoms with van der Waals surface area (Å²) in [6, 6.07) is 20.2. The first-order valence-corrected chi connectivity index (χ1v) is 12.5. The molecular weight excluding hydrogens is 558 g/mol. The van der Waals surface area contributed by atoms with Gasteiger partial charge in [0.05, 0.1) is 4.91 Å². The van der Waals surface area contributed by atoms with E-state index in [9.17, 15) is 14.7 Å². The quantitative estimate of drug-likeness (QED) is 0.250. The third kappa shape index (κ3) is 5.36. The summed E-state index contributed by atoms with van der Waals surface area (Å²) in [6.45, 7) is 0.248. The van der Waals surface area contributed by atoms with Gasteiger partial charge in [0, 0.05) is 20.6 Å². The number of ether oxygens (including phenoxy) is 1. The van der Waals surface area contributed by atoms with Crippen LogP contribution in [0.25, 0.3) is 6.08 Å². The van der Waals surface area contributed by atoms with Crippen LogP contribution in [0.3, 0.4) is 0 Å². The van der Waals surface area contributed by atoms with Crippen LogP contribution in [-0.4, -0.2) is 26.2 Å². The van der Waals surface area contributed by atoms with Crippen LogP contribution in [0.1, 0.15) is 22.7 Å². The lowest BCUT2D eigenvalue weighted by Crippen LogP contribution is -2.37. The Morgan fingerprint density at radius 2 is 1.85 bits per heavy atom. The average molecular weight is 575 g/mol. The minimum Gasteiger partial charge on any atom is -0.488 e. The number of hydrogen-bond acceptors (Lipinski definition) is 5. The SMILES string of the molecule is O=C(O)[C@H](c1ccccc1)N1C(=O)/C(=C/c2cc(Br)ccc2OCc2ccccc2Cl)SC1=S. The number of hydrogen-bond donors (Lipinski definition) is 1. The van der Waals surface area contributed by atoms with Gasteiger partial charge in [-0.05, 0) is 35.9 Å². The van der Waals surface area contributed by atoms with E-state index in [0.29, 0.717) is 26.8 Å². The van der Waals surface area contributed by atoms with Crippen molar-refractivity contribution in [3.63, 3.8) is 0 Å². The van der Waals surface area contributed by atoms with Crippen LogP contribution in [0.4, 0.5) is 0 Å². The monoisotopic (exact) mass is 573 g/mol. The molecule has 5 nitrogen and oxygen atoms in total. The second-order valence-electron chi connectivity index (χ2n) is 7.27. The average Bonchev–Trinajstić information content (AvgIpc) is 3.08. The lowest BCUT2D eigenvalue weighted by atomic mass is 10.1. The summed E-state index contributed by atoms with van der Waals surface area (Å²) < 4.78 is 6.98. The number of thioether (sulfide) groups is 1. The fraction of sp³-hybridized carbons (Fsp3) is 0.0800. The van der Waals surface area contributed by atoms with E-state index in [0.717, 1.165) is 26.7 Å². The number of carbonyl (C=O) groups is 2. The number of rotatable bonds is 7. The summed E-state index contributed by atoms with van der Waals surface area (Å²) in [4.78, 5) is 26.8. The molecule has 1 fully saturated rings. The summed E-state index contributed by atoms with van der Waals surface area (Å²) in [5, 5.41) is 10.5. The van der Waals surface area contributed by atoms with Gasteiger partial charge >= 0.3 is 5.97 Å². The van der Waals surface area contributed by atoms with E-state index < -0.39 is 17.9 Å². The van der Waals surface area contributed by atoms with Gasteiger partial charge in [0.25, 0.3) is 5.91 Å². The molecule has 0 spiro atoms. The molecule has 9 heteroatoms. The molecule has 1 heterocycles. The van der Waals surface area contributed by atoms with Gasteiger partial charge in [-0.25, -0.2) is 4.79 Å². The first kappa shape index (κ1) is 24.5. The standard InChI is InChI=1S/C25H17BrClNO4S2/c26-18-10-11-20(32-14-16-8-4-5-9-19(16)27)17(12-18)13-21-23(29)28(25(33)34-21)22(24(30)31)15-6-2-1-3-7-15/h1-13,22H,14H2,(H,30,31)/b21-13-/t22-/m0/s1. The van der Waals surface area contributed by atoms with Crippen molar-refractivity contribution in [3.05, 3.63) is 104 Å². The van der Waals surface area contributed by atoms with E-state index in [1.165, 1.54) is 0 Å². The minimum absolute atomic E-state index is 0.182. The van der Waals surface area contributed by atoms with Gasteiger partial charge in [-0.15, -0.1) is 0 Å².